The summed E-state index contributed by atoms with van der Waals surface area (Å²) in [6, 6.07) is -0.0568. The molecule has 1 aromatic heterocycles. The highest BCUT2D eigenvalue weighted by Gasteiger charge is 2.56. The number of carbonyl (C=O) groups excluding carboxylic acids is 1. The molecule has 7 nitrogen and oxygen atoms in total. The molecule has 0 aliphatic carbocycles. The van der Waals surface area contributed by atoms with Crippen molar-refractivity contribution in [3.05, 3.63) is 16.4 Å². The maximum Gasteiger partial charge on any atom is 0.276 e. The van der Waals surface area contributed by atoms with Crippen LogP contribution in [-0.2, 0) is 9.47 Å². The number of piperidine rings is 1. The Labute approximate surface area is 145 Å². The van der Waals surface area contributed by atoms with Gasteiger partial charge in [0.1, 0.15) is 0 Å². The minimum Gasteiger partial charge on any atom is -0.389 e. The van der Waals surface area contributed by atoms with Gasteiger partial charge in [-0.15, -0.1) is 0 Å². The number of likely N-dealkylation sites (tertiary alicyclic amines) is 1. The number of H-pyrrole nitrogens is 1. The lowest BCUT2D eigenvalue weighted by Gasteiger charge is -2.57. The number of carbonyl (C=O) groups is 1. The molecule has 8 heteroatoms. The SMILES string of the molecule is Cc1[nH]nc(C(=O)N2C[C@H]3COCC[C@@]3(O)[C@@H]3COCC[C@@H]32)c1Cl. The predicted octanol–water partition coefficient (Wildman–Crippen LogP) is 1.00. The number of hydrogen-bond donors (Lipinski definition) is 2. The zero-order chi connectivity index (χ0) is 16.9. The summed E-state index contributed by atoms with van der Waals surface area (Å²) in [4.78, 5) is 14.9. The summed E-state index contributed by atoms with van der Waals surface area (Å²) in [7, 11) is 0. The van der Waals surface area contributed by atoms with E-state index in [9.17, 15) is 9.90 Å². The van der Waals surface area contributed by atoms with Crippen molar-refractivity contribution in [1.29, 1.82) is 0 Å². The highest BCUT2D eigenvalue weighted by Crippen LogP contribution is 2.44. The van der Waals surface area contributed by atoms with Gasteiger partial charge >= 0.3 is 0 Å². The number of halogens is 1. The summed E-state index contributed by atoms with van der Waals surface area (Å²) in [5.41, 5.74) is 0.102. The summed E-state index contributed by atoms with van der Waals surface area (Å²) >= 11 is 6.22. The second kappa shape index (κ2) is 5.98. The Morgan fingerprint density at radius 1 is 1.42 bits per heavy atom. The number of ether oxygens (including phenoxy) is 2. The van der Waals surface area contributed by atoms with E-state index in [-0.39, 0.29) is 29.5 Å². The second-order valence-electron chi connectivity index (χ2n) is 7.02. The molecule has 3 aliphatic heterocycles. The van der Waals surface area contributed by atoms with Gasteiger partial charge in [-0.2, -0.15) is 5.10 Å². The molecule has 0 unspecified atom stereocenters. The quantitative estimate of drug-likeness (QED) is 0.784. The van der Waals surface area contributed by atoms with E-state index in [2.05, 4.69) is 10.2 Å². The summed E-state index contributed by atoms with van der Waals surface area (Å²) in [6.07, 6.45) is 1.31. The lowest BCUT2D eigenvalue weighted by molar-refractivity contribution is -0.212. The first-order chi connectivity index (χ1) is 11.5. The first kappa shape index (κ1) is 16.3. The van der Waals surface area contributed by atoms with Gasteiger partial charge in [-0.3, -0.25) is 9.89 Å². The Morgan fingerprint density at radius 2 is 2.21 bits per heavy atom. The van der Waals surface area contributed by atoms with Gasteiger partial charge < -0.3 is 19.5 Å². The van der Waals surface area contributed by atoms with Gasteiger partial charge in [0.15, 0.2) is 5.69 Å². The van der Waals surface area contributed by atoms with Gasteiger partial charge in [-0.05, 0) is 13.3 Å². The number of nitrogens with zero attached hydrogens (tertiary/aromatic N) is 2. The van der Waals surface area contributed by atoms with Gasteiger partial charge in [0.05, 0.1) is 29.5 Å². The number of aromatic nitrogens is 2. The van der Waals surface area contributed by atoms with Gasteiger partial charge in [0.25, 0.3) is 5.91 Å². The highest BCUT2D eigenvalue weighted by atomic mass is 35.5. The molecule has 3 saturated heterocycles. The van der Waals surface area contributed by atoms with E-state index in [1.807, 2.05) is 4.90 Å². The standard InChI is InChI=1S/C16H22ClN3O4/c1-9-13(17)14(19-18-9)15(21)20-6-10-7-24-5-3-16(10,22)11-8-23-4-2-12(11)20/h10-12,22H,2-8H2,1H3,(H,18,19)/t10-,11+,12-,16-/m0/s1. The molecule has 2 N–H and O–H groups in total. The van der Waals surface area contributed by atoms with Crippen LogP contribution in [0.2, 0.25) is 5.02 Å². The van der Waals surface area contributed by atoms with Crippen LogP contribution in [0.5, 0.6) is 0 Å². The number of aryl methyl sites for hydroxylation is 1. The molecule has 0 aromatic carbocycles. The van der Waals surface area contributed by atoms with E-state index in [1.165, 1.54) is 0 Å². The van der Waals surface area contributed by atoms with Crippen LogP contribution in [-0.4, -0.2) is 70.7 Å². The molecule has 4 rings (SSSR count). The summed E-state index contributed by atoms with van der Waals surface area (Å²) in [5.74, 6) is -0.400. The zero-order valence-corrected chi connectivity index (χ0v) is 14.4. The minimum absolute atomic E-state index is 0.0568. The Bertz CT molecular complexity index is 651. The fourth-order valence-electron chi connectivity index (χ4n) is 4.39. The molecule has 132 valence electrons. The number of aromatic amines is 1. The molecule has 1 aromatic rings. The van der Waals surface area contributed by atoms with E-state index < -0.39 is 5.60 Å². The molecule has 0 bridgehead atoms. The first-order valence-corrected chi connectivity index (χ1v) is 8.79. The van der Waals surface area contributed by atoms with Crippen molar-refractivity contribution in [3.8, 4) is 0 Å². The molecule has 3 aliphatic rings. The molecule has 0 radical (unpaired) electrons. The third-order valence-corrected chi connectivity index (χ3v) is 6.25. The fourth-order valence-corrected chi connectivity index (χ4v) is 4.55. The van der Waals surface area contributed by atoms with Crippen LogP contribution < -0.4 is 0 Å². The monoisotopic (exact) mass is 355 g/mol. The average Bonchev–Trinajstić information content (AvgIpc) is 2.93. The third-order valence-electron chi connectivity index (χ3n) is 5.79. The van der Waals surface area contributed by atoms with Crippen molar-refractivity contribution >= 4 is 17.5 Å². The van der Waals surface area contributed by atoms with Crippen LogP contribution in [0.4, 0.5) is 0 Å². The minimum atomic E-state index is -0.828. The maximum atomic E-state index is 13.1. The van der Waals surface area contributed by atoms with Crippen molar-refractivity contribution in [1.82, 2.24) is 15.1 Å². The van der Waals surface area contributed by atoms with Crippen LogP contribution in [0.3, 0.4) is 0 Å². The predicted molar refractivity (Wildman–Crippen MR) is 86.0 cm³/mol. The second-order valence-corrected chi connectivity index (χ2v) is 7.40. The normalized spacial score (nSPS) is 36.1. The van der Waals surface area contributed by atoms with Crippen LogP contribution in [0, 0.1) is 18.8 Å². The van der Waals surface area contributed by atoms with Crippen molar-refractivity contribution in [2.75, 3.05) is 33.0 Å². The average molecular weight is 356 g/mol. The van der Waals surface area contributed by atoms with E-state index in [4.69, 9.17) is 21.1 Å². The van der Waals surface area contributed by atoms with Crippen LogP contribution in [0.15, 0.2) is 0 Å². The number of rotatable bonds is 1. The van der Waals surface area contributed by atoms with E-state index >= 15 is 0 Å². The largest absolute Gasteiger partial charge is 0.389 e. The van der Waals surface area contributed by atoms with Crippen LogP contribution in [0.1, 0.15) is 29.0 Å². The molecule has 4 atom stereocenters. The smallest absolute Gasteiger partial charge is 0.276 e. The number of fused-ring (bicyclic) bond motifs is 3. The zero-order valence-electron chi connectivity index (χ0n) is 13.6. The number of aliphatic hydroxyl groups is 1. The Balaban J connectivity index is 1.68. The van der Waals surface area contributed by atoms with Crippen molar-refractivity contribution < 1.29 is 19.4 Å². The maximum absolute atomic E-state index is 13.1. The number of nitrogens with one attached hydrogen (secondary N) is 1. The topological polar surface area (TPSA) is 87.7 Å². The van der Waals surface area contributed by atoms with Crippen LogP contribution in [0.25, 0.3) is 0 Å². The molecule has 4 heterocycles. The lowest BCUT2D eigenvalue weighted by atomic mass is 9.66. The summed E-state index contributed by atoms with van der Waals surface area (Å²) < 4.78 is 11.2. The van der Waals surface area contributed by atoms with Gasteiger partial charge in [0, 0.05) is 44.1 Å². The Kier molecular flexibility index (Phi) is 4.07. The van der Waals surface area contributed by atoms with Gasteiger partial charge in [-0.1, -0.05) is 11.6 Å². The molecule has 3 fully saturated rings. The Morgan fingerprint density at radius 3 is 2.96 bits per heavy atom. The van der Waals surface area contributed by atoms with Crippen molar-refractivity contribution in [3.63, 3.8) is 0 Å². The molecule has 1 amide bonds. The van der Waals surface area contributed by atoms with Gasteiger partial charge in [-0.25, -0.2) is 0 Å². The van der Waals surface area contributed by atoms with Crippen molar-refractivity contribution in [2.45, 2.75) is 31.4 Å². The van der Waals surface area contributed by atoms with E-state index in [0.29, 0.717) is 56.5 Å². The summed E-state index contributed by atoms with van der Waals surface area (Å²) in [6.45, 7) is 4.31. The van der Waals surface area contributed by atoms with E-state index in [0.717, 1.165) is 0 Å². The number of hydrogen-bond acceptors (Lipinski definition) is 5. The molecular formula is C16H22ClN3O4. The third kappa shape index (κ3) is 2.37. The summed E-state index contributed by atoms with van der Waals surface area (Å²) in [5, 5.41) is 18.5. The van der Waals surface area contributed by atoms with Crippen molar-refractivity contribution in [2.24, 2.45) is 11.8 Å². The first-order valence-electron chi connectivity index (χ1n) is 8.41. The molecule has 0 spiro atoms. The molecule has 24 heavy (non-hydrogen) atoms. The molecular weight excluding hydrogens is 334 g/mol. The van der Waals surface area contributed by atoms with Gasteiger partial charge in [0.2, 0.25) is 0 Å². The van der Waals surface area contributed by atoms with Crippen LogP contribution >= 0.6 is 11.6 Å². The lowest BCUT2D eigenvalue weighted by Crippen LogP contribution is -2.68. The number of amides is 1. The fraction of sp³-hybridized carbons (Fsp3) is 0.750. The Hall–Kier alpha value is -1.15. The molecule has 0 saturated carbocycles. The highest BCUT2D eigenvalue weighted by molar-refractivity contribution is 6.34. The van der Waals surface area contributed by atoms with E-state index in [1.54, 1.807) is 6.92 Å².